The third-order valence-electron chi connectivity index (χ3n) is 4.07. The van der Waals surface area contributed by atoms with Gasteiger partial charge in [-0.2, -0.15) is 5.10 Å². The second kappa shape index (κ2) is 7.33. The van der Waals surface area contributed by atoms with Crippen LogP contribution < -0.4 is 0 Å². The normalized spacial score (nSPS) is 11.0. The summed E-state index contributed by atoms with van der Waals surface area (Å²) < 4.78 is 34.2. The zero-order valence-electron chi connectivity index (χ0n) is 13.9. The largest absolute Gasteiger partial charge is 0.390 e. The minimum absolute atomic E-state index is 0.00967. The van der Waals surface area contributed by atoms with E-state index in [0.717, 1.165) is 0 Å². The van der Waals surface area contributed by atoms with E-state index in [1.807, 2.05) is 0 Å². The molecule has 4 aromatic rings. The predicted molar refractivity (Wildman–Crippen MR) is 106 cm³/mol. The molecule has 0 saturated carbocycles. The lowest BCUT2D eigenvalue weighted by atomic mass is 10.1. The molecule has 2 aromatic carbocycles. The second-order valence-electron chi connectivity index (χ2n) is 5.84. The van der Waals surface area contributed by atoms with E-state index in [-0.39, 0.29) is 11.3 Å². The molecular weight excluding hydrogens is 452 g/mol. The minimum Gasteiger partial charge on any atom is -0.390 e. The summed E-state index contributed by atoms with van der Waals surface area (Å²) in [6.45, 7) is 0. The number of hydrogen-bond donors (Lipinski definition) is 1. The summed E-state index contributed by atoms with van der Waals surface area (Å²) in [5.74, 6) is -1.62. The first-order valence-corrected chi connectivity index (χ1v) is 9.10. The summed E-state index contributed by atoms with van der Waals surface area (Å²) in [7, 11) is 0. The van der Waals surface area contributed by atoms with Crippen LogP contribution in [0, 0.1) is 11.6 Å². The van der Waals surface area contributed by atoms with Crippen molar-refractivity contribution in [3.8, 4) is 22.5 Å². The Labute approximate surface area is 171 Å². The minimum atomic E-state index is -0.758. The molecule has 4 rings (SSSR count). The van der Waals surface area contributed by atoms with Crippen molar-refractivity contribution in [3.63, 3.8) is 0 Å². The molecule has 0 radical (unpaired) electrons. The zero-order chi connectivity index (χ0) is 19.8. The molecule has 0 fully saturated rings. The van der Waals surface area contributed by atoms with Crippen LogP contribution in [0.25, 0.3) is 28.2 Å². The van der Waals surface area contributed by atoms with E-state index < -0.39 is 17.6 Å². The van der Waals surface area contributed by atoms with E-state index in [9.17, 15) is 13.6 Å². The Morgan fingerprint density at radius 3 is 2.50 bits per heavy atom. The van der Waals surface area contributed by atoms with Crippen molar-refractivity contribution in [2.75, 3.05) is 0 Å². The van der Waals surface area contributed by atoms with Gasteiger partial charge in [-0.1, -0.05) is 15.9 Å². The van der Waals surface area contributed by atoms with Crippen LogP contribution in [0.2, 0.25) is 0 Å². The molecule has 0 aliphatic heterocycles. The average molecular weight is 462 g/mol. The summed E-state index contributed by atoms with van der Waals surface area (Å²) in [5.41, 5.74) is 1.95. The number of carbonyl (C=O) groups excluding carboxylic acids is 1. The Bertz CT molecular complexity index is 1210. The molecule has 0 aliphatic carbocycles. The van der Waals surface area contributed by atoms with Crippen molar-refractivity contribution >= 4 is 40.5 Å². The van der Waals surface area contributed by atoms with Gasteiger partial charge in [0, 0.05) is 34.6 Å². The first-order valence-electron chi connectivity index (χ1n) is 7.94. The lowest BCUT2D eigenvalue weighted by Crippen LogP contribution is -2.06. The van der Waals surface area contributed by atoms with Gasteiger partial charge in [-0.05, 0) is 48.5 Å². The molecule has 0 spiro atoms. The van der Waals surface area contributed by atoms with Crippen molar-refractivity contribution in [2.45, 2.75) is 0 Å². The van der Waals surface area contributed by atoms with Gasteiger partial charge >= 0.3 is 5.97 Å². The van der Waals surface area contributed by atoms with Crippen molar-refractivity contribution in [2.24, 2.45) is 0 Å². The maximum Gasteiger partial charge on any atom is 0.368 e. The first-order chi connectivity index (χ1) is 13.5. The van der Waals surface area contributed by atoms with E-state index in [1.54, 1.807) is 30.3 Å². The maximum atomic E-state index is 14.4. The third-order valence-corrected chi connectivity index (χ3v) is 4.73. The number of benzene rings is 2. The molecule has 5 nitrogen and oxygen atoms in total. The van der Waals surface area contributed by atoms with Crippen LogP contribution in [0.4, 0.5) is 8.78 Å². The van der Waals surface area contributed by atoms with Crippen LogP contribution in [0.1, 0.15) is 10.5 Å². The van der Waals surface area contributed by atoms with Crippen molar-refractivity contribution in [1.29, 1.82) is 0 Å². The van der Waals surface area contributed by atoms with Gasteiger partial charge in [0.05, 0.1) is 11.4 Å². The molecule has 140 valence electrons. The van der Waals surface area contributed by atoms with Crippen LogP contribution >= 0.6 is 28.8 Å². The molecule has 9 heteroatoms. The molecule has 0 atom stereocenters. The van der Waals surface area contributed by atoms with E-state index >= 15 is 0 Å². The zero-order valence-corrected chi connectivity index (χ0v) is 16.4. The molecular formula is C19H10BrF2N3O2S. The molecule has 0 bridgehead atoms. The van der Waals surface area contributed by atoms with E-state index in [4.69, 9.17) is 0 Å². The Morgan fingerprint density at radius 2 is 1.82 bits per heavy atom. The number of halogens is 3. The van der Waals surface area contributed by atoms with Gasteiger partial charge < -0.3 is 4.18 Å². The second-order valence-corrected chi connectivity index (χ2v) is 6.93. The highest BCUT2D eigenvalue weighted by Crippen LogP contribution is 2.28. The molecule has 28 heavy (non-hydrogen) atoms. The maximum absolute atomic E-state index is 14.4. The lowest BCUT2D eigenvalue weighted by Gasteiger charge is -2.07. The Balaban J connectivity index is 1.96. The van der Waals surface area contributed by atoms with Gasteiger partial charge in [0.2, 0.25) is 0 Å². The first kappa shape index (κ1) is 18.6. The van der Waals surface area contributed by atoms with Gasteiger partial charge in [-0.3, -0.25) is 0 Å². The van der Waals surface area contributed by atoms with Gasteiger partial charge in [0.1, 0.15) is 11.6 Å². The fourth-order valence-electron chi connectivity index (χ4n) is 2.78. The van der Waals surface area contributed by atoms with E-state index in [2.05, 4.69) is 43.1 Å². The highest BCUT2D eigenvalue weighted by molar-refractivity contribution is 9.10. The highest BCUT2D eigenvalue weighted by Gasteiger charge is 2.18. The lowest BCUT2D eigenvalue weighted by molar-refractivity contribution is 0.0766. The Kier molecular flexibility index (Phi) is 4.86. The van der Waals surface area contributed by atoms with Crippen LogP contribution in [0.15, 0.2) is 59.1 Å². The van der Waals surface area contributed by atoms with E-state index in [0.29, 0.717) is 27.1 Å². The summed E-state index contributed by atoms with van der Waals surface area (Å²) in [4.78, 5) is 16.2. The summed E-state index contributed by atoms with van der Waals surface area (Å²) >= 11 is 6.74. The molecule has 0 unspecified atom stereocenters. The highest BCUT2D eigenvalue weighted by atomic mass is 79.9. The summed E-state index contributed by atoms with van der Waals surface area (Å²) in [5, 5.41) is 4.43. The number of aromatic nitrogens is 3. The fraction of sp³-hybridized carbons (Fsp3) is 0. The van der Waals surface area contributed by atoms with Gasteiger partial charge in [-0.25, -0.2) is 23.1 Å². The van der Waals surface area contributed by atoms with Crippen LogP contribution in [0.3, 0.4) is 0 Å². The van der Waals surface area contributed by atoms with Crippen LogP contribution in [-0.4, -0.2) is 20.6 Å². The Morgan fingerprint density at radius 1 is 1.07 bits per heavy atom. The molecule has 0 N–H and O–H groups in total. The smallest absolute Gasteiger partial charge is 0.368 e. The number of hydrogen-bond acceptors (Lipinski definition) is 5. The van der Waals surface area contributed by atoms with Crippen molar-refractivity contribution < 1.29 is 17.8 Å². The van der Waals surface area contributed by atoms with E-state index in [1.165, 1.54) is 28.8 Å². The molecule has 2 aromatic heterocycles. The van der Waals surface area contributed by atoms with Gasteiger partial charge in [0.15, 0.2) is 11.3 Å². The number of thiol groups is 1. The van der Waals surface area contributed by atoms with Crippen molar-refractivity contribution in [3.05, 3.63) is 76.4 Å². The monoisotopic (exact) mass is 461 g/mol. The SMILES string of the molecule is O=C(OS)c1cc(-c2ccc(F)cc2)n2nc(-c3ccc(Br)cc3F)cc2n1. The van der Waals surface area contributed by atoms with Crippen LogP contribution in [0.5, 0.6) is 0 Å². The predicted octanol–water partition coefficient (Wildman–Crippen LogP) is 5.11. The van der Waals surface area contributed by atoms with Gasteiger partial charge in [0.25, 0.3) is 0 Å². The summed E-state index contributed by atoms with van der Waals surface area (Å²) in [6.07, 6.45) is 0. The standard InChI is InChI=1S/C19H10BrF2N3O2S/c20-11-3-6-13(14(22)7-11)15-9-18-23-16(19(26)27-28)8-17(25(18)24-15)10-1-4-12(21)5-2-10/h1-9,28H. The Hall–Kier alpha value is -2.78. The number of carbonyl (C=O) groups is 1. The topological polar surface area (TPSA) is 56.5 Å². The fourth-order valence-corrected chi connectivity index (χ4v) is 3.21. The average Bonchev–Trinajstić information content (AvgIpc) is 3.11. The van der Waals surface area contributed by atoms with Crippen molar-refractivity contribution in [1.82, 2.24) is 14.6 Å². The van der Waals surface area contributed by atoms with Crippen LogP contribution in [-0.2, 0) is 4.18 Å². The number of rotatable bonds is 3. The number of nitrogens with zero attached hydrogens (tertiary/aromatic N) is 3. The molecule has 0 aliphatic rings. The van der Waals surface area contributed by atoms with Gasteiger partial charge in [-0.15, -0.1) is 0 Å². The molecule has 2 heterocycles. The number of fused-ring (bicyclic) bond motifs is 1. The summed E-state index contributed by atoms with van der Waals surface area (Å²) in [6, 6.07) is 13.3. The quantitative estimate of drug-likeness (QED) is 0.340. The molecule has 0 saturated heterocycles. The third kappa shape index (κ3) is 3.38. The molecule has 0 amide bonds.